The molecule has 0 unspecified atom stereocenters. The van der Waals surface area contributed by atoms with E-state index in [1.54, 1.807) is 23.7 Å². The number of hydrogen-bond acceptors (Lipinski definition) is 4. The van der Waals surface area contributed by atoms with Crippen LogP contribution in [-0.2, 0) is 4.79 Å². The van der Waals surface area contributed by atoms with E-state index in [2.05, 4.69) is 10.3 Å². The molecular formula is C13H13FN2OS2. The molecule has 1 aromatic carbocycles. The van der Waals surface area contributed by atoms with Crippen LogP contribution in [0.15, 0.2) is 40.7 Å². The lowest BCUT2D eigenvalue weighted by Gasteiger charge is -2.22. The Labute approximate surface area is 119 Å². The van der Waals surface area contributed by atoms with Gasteiger partial charge in [-0.05, 0) is 38.1 Å². The van der Waals surface area contributed by atoms with Crippen LogP contribution in [0.5, 0.6) is 0 Å². The second-order valence-corrected chi connectivity index (χ2v) is 6.95. The fraction of sp³-hybridized carbons (Fsp3) is 0.231. The molecule has 100 valence electrons. The Morgan fingerprint density at radius 1 is 1.37 bits per heavy atom. The van der Waals surface area contributed by atoms with Crippen molar-refractivity contribution in [2.45, 2.75) is 23.5 Å². The third kappa shape index (κ3) is 3.78. The Bertz CT molecular complexity index is 553. The zero-order valence-corrected chi connectivity index (χ0v) is 12.1. The summed E-state index contributed by atoms with van der Waals surface area (Å²) in [6.07, 6.45) is 1.64. The number of thioether (sulfide) groups is 1. The second kappa shape index (κ2) is 5.71. The molecule has 0 radical (unpaired) electrons. The number of nitrogens with zero attached hydrogens (tertiary/aromatic N) is 1. The van der Waals surface area contributed by atoms with Crippen LogP contribution in [0.2, 0.25) is 0 Å². The Kier molecular flexibility index (Phi) is 4.21. The summed E-state index contributed by atoms with van der Waals surface area (Å²) in [6, 6.07) is 6.10. The number of aromatic nitrogens is 1. The van der Waals surface area contributed by atoms with Crippen molar-refractivity contribution in [2.24, 2.45) is 0 Å². The van der Waals surface area contributed by atoms with Gasteiger partial charge in [0.15, 0.2) is 5.13 Å². The Morgan fingerprint density at radius 3 is 2.63 bits per heavy atom. The van der Waals surface area contributed by atoms with Gasteiger partial charge in [-0.2, -0.15) is 0 Å². The van der Waals surface area contributed by atoms with E-state index in [9.17, 15) is 9.18 Å². The second-order valence-electron chi connectivity index (χ2n) is 4.36. The first-order chi connectivity index (χ1) is 8.97. The average Bonchev–Trinajstić information content (AvgIpc) is 2.84. The molecule has 1 amide bonds. The molecule has 0 saturated heterocycles. The van der Waals surface area contributed by atoms with Gasteiger partial charge >= 0.3 is 0 Å². The topological polar surface area (TPSA) is 42.0 Å². The molecule has 1 heterocycles. The van der Waals surface area contributed by atoms with Crippen molar-refractivity contribution in [1.29, 1.82) is 0 Å². The van der Waals surface area contributed by atoms with E-state index in [0.717, 1.165) is 4.90 Å². The van der Waals surface area contributed by atoms with Gasteiger partial charge in [-0.3, -0.25) is 4.79 Å². The minimum Gasteiger partial charge on any atom is -0.301 e. The highest BCUT2D eigenvalue weighted by molar-refractivity contribution is 8.01. The van der Waals surface area contributed by atoms with Gasteiger partial charge in [0.2, 0.25) is 5.91 Å². The van der Waals surface area contributed by atoms with Crippen molar-refractivity contribution < 1.29 is 9.18 Å². The van der Waals surface area contributed by atoms with E-state index in [-0.39, 0.29) is 11.7 Å². The predicted molar refractivity (Wildman–Crippen MR) is 77.1 cm³/mol. The first-order valence-corrected chi connectivity index (χ1v) is 7.32. The van der Waals surface area contributed by atoms with Gasteiger partial charge in [-0.25, -0.2) is 9.37 Å². The van der Waals surface area contributed by atoms with Gasteiger partial charge in [0.25, 0.3) is 0 Å². The quantitative estimate of drug-likeness (QED) is 0.873. The van der Waals surface area contributed by atoms with Crippen molar-refractivity contribution >= 4 is 34.1 Å². The fourth-order valence-electron chi connectivity index (χ4n) is 1.38. The lowest BCUT2D eigenvalue weighted by molar-refractivity contribution is -0.117. The standard InChI is InChI=1S/C13H13FN2OS2/c1-13(2,11(17)16-12-15-7-8-18-12)19-10-5-3-9(14)4-6-10/h3-8H,1-2H3,(H,15,16,17). The minimum absolute atomic E-state index is 0.128. The molecule has 2 aromatic rings. The van der Waals surface area contributed by atoms with Crippen LogP contribution < -0.4 is 5.32 Å². The first kappa shape index (κ1) is 14.0. The molecule has 0 fully saturated rings. The van der Waals surface area contributed by atoms with Crippen LogP contribution in [0.25, 0.3) is 0 Å². The Hall–Kier alpha value is -1.40. The number of rotatable bonds is 4. The van der Waals surface area contributed by atoms with E-state index in [4.69, 9.17) is 0 Å². The number of carbonyl (C=O) groups excluding carboxylic acids is 1. The summed E-state index contributed by atoms with van der Waals surface area (Å²) in [5.41, 5.74) is 0. The Balaban J connectivity index is 2.04. The lowest BCUT2D eigenvalue weighted by Crippen LogP contribution is -2.33. The van der Waals surface area contributed by atoms with Gasteiger partial charge in [0.1, 0.15) is 5.82 Å². The van der Waals surface area contributed by atoms with Crippen LogP contribution >= 0.6 is 23.1 Å². The van der Waals surface area contributed by atoms with E-state index in [0.29, 0.717) is 5.13 Å². The number of halogens is 1. The van der Waals surface area contributed by atoms with Crippen molar-refractivity contribution in [1.82, 2.24) is 4.98 Å². The normalized spacial score (nSPS) is 11.3. The number of amides is 1. The Morgan fingerprint density at radius 2 is 2.05 bits per heavy atom. The molecule has 0 aliphatic rings. The molecule has 2 rings (SSSR count). The zero-order valence-electron chi connectivity index (χ0n) is 10.5. The van der Waals surface area contributed by atoms with Crippen molar-refractivity contribution in [3.63, 3.8) is 0 Å². The van der Waals surface area contributed by atoms with Crippen LogP contribution in [-0.4, -0.2) is 15.6 Å². The van der Waals surface area contributed by atoms with Gasteiger partial charge < -0.3 is 5.32 Å². The zero-order chi connectivity index (χ0) is 13.9. The summed E-state index contributed by atoms with van der Waals surface area (Å²) < 4.78 is 12.2. The smallest absolute Gasteiger partial charge is 0.242 e. The molecular weight excluding hydrogens is 283 g/mol. The highest BCUT2D eigenvalue weighted by Gasteiger charge is 2.29. The fourth-order valence-corrected chi connectivity index (χ4v) is 2.91. The SMILES string of the molecule is CC(C)(Sc1ccc(F)cc1)C(=O)Nc1nccs1. The molecule has 6 heteroatoms. The maximum atomic E-state index is 12.8. The number of benzene rings is 1. The van der Waals surface area contributed by atoms with Crippen molar-refractivity contribution in [3.8, 4) is 0 Å². The third-order valence-corrected chi connectivity index (χ3v) is 4.28. The highest BCUT2D eigenvalue weighted by Crippen LogP contribution is 2.33. The third-order valence-electron chi connectivity index (χ3n) is 2.39. The monoisotopic (exact) mass is 296 g/mol. The molecule has 0 bridgehead atoms. The van der Waals surface area contributed by atoms with Gasteiger partial charge in [-0.15, -0.1) is 23.1 Å². The molecule has 1 N–H and O–H groups in total. The van der Waals surface area contributed by atoms with Crippen LogP contribution in [0.1, 0.15) is 13.8 Å². The average molecular weight is 296 g/mol. The molecule has 0 aliphatic carbocycles. The predicted octanol–water partition coefficient (Wildman–Crippen LogP) is 3.79. The molecule has 1 aromatic heterocycles. The molecule has 0 saturated carbocycles. The van der Waals surface area contributed by atoms with Crippen LogP contribution in [0.3, 0.4) is 0 Å². The number of anilines is 1. The number of carbonyl (C=O) groups is 1. The summed E-state index contributed by atoms with van der Waals surface area (Å²) in [5, 5.41) is 5.15. The minimum atomic E-state index is -0.663. The number of thiazole rings is 1. The lowest BCUT2D eigenvalue weighted by atomic mass is 10.2. The molecule has 0 spiro atoms. The molecule has 0 aliphatic heterocycles. The van der Waals surface area contributed by atoms with E-state index in [1.807, 2.05) is 13.8 Å². The maximum absolute atomic E-state index is 12.8. The summed E-state index contributed by atoms with van der Waals surface area (Å²) in [4.78, 5) is 17.0. The summed E-state index contributed by atoms with van der Waals surface area (Å²) in [7, 11) is 0. The van der Waals surface area contributed by atoms with Crippen LogP contribution in [0.4, 0.5) is 9.52 Å². The summed E-state index contributed by atoms with van der Waals surface area (Å²) in [5.74, 6) is -0.411. The van der Waals surface area contributed by atoms with Gasteiger partial charge in [0, 0.05) is 16.5 Å². The van der Waals surface area contributed by atoms with E-state index < -0.39 is 4.75 Å². The molecule has 0 atom stereocenters. The van der Waals surface area contributed by atoms with Crippen LogP contribution in [0, 0.1) is 5.82 Å². The maximum Gasteiger partial charge on any atom is 0.242 e. The number of nitrogens with one attached hydrogen (secondary N) is 1. The first-order valence-electron chi connectivity index (χ1n) is 5.63. The summed E-state index contributed by atoms with van der Waals surface area (Å²) >= 11 is 2.76. The summed E-state index contributed by atoms with van der Waals surface area (Å²) in [6.45, 7) is 3.65. The van der Waals surface area contributed by atoms with Crippen molar-refractivity contribution in [2.75, 3.05) is 5.32 Å². The van der Waals surface area contributed by atoms with E-state index in [1.165, 1.54) is 35.2 Å². The largest absolute Gasteiger partial charge is 0.301 e. The van der Waals surface area contributed by atoms with Gasteiger partial charge in [-0.1, -0.05) is 0 Å². The highest BCUT2D eigenvalue weighted by atomic mass is 32.2. The molecule has 3 nitrogen and oxygen atoms in total. The van der Waals surface area contributed by atoms with Crippen molar-refractivity contribution in [3.05, 3.63) is 41.7 Å². The number of hydrogen-bond donors (Lipinski definition) is 1. The van der Waals surface area contributed by atoms with Gasteiger partial charge in [0.05, 0.1) is 4.75 Å². The van der Waals surface area contributed by atoms with E-state index >= 15 is 0 Å². The molecule has 19 heavy (non-hydrogen) atoms.